The van der Waals surface area contributed by atoms with E-state index in [2.05, 4.69) is 19.2 Å². The number of hydrogen-bond acceptors (Lipinski definition) is 8. The minimum absolute atomic E-state index is 0.0213. The summed E-state index contributed by atoms with van der Waals surface area (Å²) in [4.78, 5) is 38.4. The van der Waals surface area contributed by atoms with Crippen molar-refractivity contribution in [3.05, 3.63) is 64.7 Å². The molecule has 0 unspecified atom stereocenters. The molecule has 13 heteroatoms. The van der Waals surface area contributed by atoms with Crippen molar-refractivity contribution in [3.8, 4) is 22.2 Å². The number of halogens is 3. The number of ether oxygens (including phenoxy) is 2. The maximum absolute atomic E-state index is 14.3. The smallest absolute Gasteiger partial charge is 0.416 e. The molecule has 0 bridgehead atoms. The number of aryl methyl sites for hydroxylation is 1. The molecule has 0 saturated carbocycles. The van der Waals surface area contributed by atoms with Crippen LogP contribution in [0.2, 0.25) is 0 Å². The van der Waals surface area contributed by atoms with Crippen LogP contribution in [-0.2, 0) is 15.8 Å². The number of aromatic nitrogens is 2. The van der Waals surface area contributed by atoms with Gasteiger partial charge in [0.2, 0.25) is 11.8 Å². The predicted octanol–water partition coefficient (Wildman–Crippen LogP) is 7.42. The average Bonchev–Trinajstić information content (AvgIpc) is 3.65. The number of likely N-dealkylation sites (tertiary alicyclic amines) is 1. The lowest BCUT2D eigenvalue weighted by Crippen LogP contribution is -2.54. The van der Waals surface area contributed by atoms with Gasteiger partial charge in [-0.15, -0.1) is 11.3 Å². The second-order valence-corrected chi connectivity index (χ2v) is 14.8. The van der Waals surface area contributed by atoms with Gasteiger partial charge >= 0.3 is 6.18 Å². The van der Waals surface area contributed by atoms with E-state index in [1.807, 2.05) is 30.5 Å². The summed E-state index contributed by atoms with van der Waals surface area (Å²) in [6.07, 6.45) is -5.21. The number of carbonyl (C=O) groups is 2. The van der Waals surface area contributed by atoms with Crippen LogP contribution in [0.15, 0.2) is 47.8 Å². The SMILES string of the molecule is COc1ccc2c(O[C@H]3CN(C(=O)[C@@H](Nc4cccc(C(F)(F)F)c4)C(C)(C)C)[C@H](C(N)=O)[C@@H]3C)cc(-c3nc(C(C)C)cs3)nc2c1C. The van der Waals surface area contributed by atoms with Crippen LogP contribution in [0.25, 0.3) is 21.6 Å². The van der Waals surface area contributed by atoms with Crippen molar-refractivity contribution in [2.24, 2.45) is 17.1 Å². The number of alkyl halides is 3. The van der Waals surface area contributed by atoms with Crippen LogP contribution in [-0.4, -0.2) is 58.5 Å². The Morgan fingerprint density at radius 3 is 2.39 bits per heavy atom. The number of anilines is 1. The molecule has 262 valence electrons. The highest BCUT2D eigenvalue weighted by Gasteiger charge is 2.49. The monoisotopic (exact) mass is 697 g/mol. The van der Waals surface area contributed by atoms with E-state index in [1.165, 1.54) is 28.4 Å². The number of amides is 2. The second kappa shape index (κ2) is 13.5. The van der Waals surface area contributed by atoms with E-state index in [-0.39, 0.29) is 18.2 Å². The molecule has 1 fully saturated rings. The van der Waals surface area contributed by atoms with Crippen molar-refractivity contribution in [2.45, 2.75) is 78.7 Å². The van der Waals surface area contributed by atoms with Crippen LogP contribution >= 0.6 is 11.3 Å². The molecule has 9 nitrogen and oxygen atoms in total. The molecule has 3 N–H and O–H groups in total. The van der Waals surface area contributed by atoms with Crippen molar-refractivity contribution in [3.63, 3.8) is 0 Å². The molecule has 4 aromatic rings. The van der Waals surface area contributed by atoms with E-state index in [4.69, 9.17) is 25.2 Å². The topological polar surface area (TPSA) is 120 Å². The summed E-state index contributed by atoms with van der Waals surface area (Å²) in [5.41, 5.74) is 7.46. The number of thiazole rings is 1. The van der Waals surface area contributed by atoms with Crippen molar-refractivity contribution in [1.82, 2.24) is 14.9 Å². The zero-order chi connectivity index (χ0) is 36.0. The molecule has 1 aliphatic rings. The number of rotatable bonds is 9. The number of nitrogens with two attached hydrogens (primary N) is 1. The summed E-state index contributed by atoms with van der Waals surface area (Å²) in [6, 6.07) is 8.18. The molecule has 2 aromatic carbocycles. The van der Waals surface area contributed by atoms with Gasteiger partial charge in [0.05, 0.1) is 30.4 Å². The minimum Gasteiger partial charge on any atom is -0.496 e. The zero-order valence-electron chi connectivity index (χ0n) is 28.8. The molecule has 0 spiro atoms. The van der Waals surface area contributed by atoms with Gasteiger partial charge in [-0.1, -0.05) is 47.6 Å². The molecular formula is C36H42F3N5O4S. The molecule has 2 amide bonds. The molecule has 1 aliphatic heterocycles. The van der Waals surface area contributed by atoms with Gasteiger partial charge in [0, 0.05) is 34.0 Å². The van der Waals surface area contributed by atoms with Gasteiger partial charge in [0.1, 0.15) is 40.4 Å². The molecule has 0 aliphatic carbocycles. The van der Waals surface area contributed by atoms with Crippen molar-refractivity contribution < 1.29 is 32.2 Å². The van der Waals surface area contributed by atoms with Crippen molar-refractivity contribution >= 4 is 39.7 Å². The Hall–Kier alpha value is -4.39. The first-order valence-corrected chi connectivity index (χ1v) is 16.9. The average molecular weight is 698 g/mol. The van der Waals surface area contributed by atoms with Crippen LogP contribution in [0.1, 0.15) is 64.3 Å². The third kappa shape index (κ3) is 7.31. The standard InChI is InChI=1S/C36H42F3N5O4S/c1-18(2)25-17-49-33(43-25)24-15-27(23-12-13-26(47-8)19(3)29(23)42-24)48-28-16-44(30(20(28)4)32(40)45)34(46)31(35(5,6)7)41-22-11-9-10-21(14-22)36(37,38)39/h9-15,17-18,20,28,30-31,41H,16H2,1-8H3,(H2,40,45)/t20-,28+,30+,31-/m1/s1. The van der Waals surface area contributed by atoms with Gasteiger partial charge in [-0.2, -0.15) is 13.2 Å². The highest BCUT2D eigenvalue weighted by atomic mass is 32.1. The highest BCUT2D eigenvalue weighted by Crippen LogP contribution is 2.39. The Balaban J connectivity index is 1.52. The molecule has 49 heavy (non-hydrogen) atoms. The van der Waals surface area contributed by atoms with Crippen LogP contribution in [0.3, 0.4) is 0 Å². The molecule has 1 saturated heterocycles. The number of primary amides is 1. The van der Waals surface area contributed by atoms with E-state index in [9.17, 15) is 22.8 Å². The van der Waals surface area contributed by atoms with Crippen LogP contribution in [0.4, 0.5) is 18.9 Å². The lowest BCUT2D eigenvalue weighted by molar-refractivity contribution is -0.140. The highest BCUT2D eigenvalue weighted by molar-refractivity contribution is 7.13. The van der Waals surface area contributed by atoms with Crippen molar-refractivity contribution in [1.29, 1.82) is 0 Å². The summed E-state index contributed by atoms with van der Waals surface area (Å²) in [7, 11) is 1.59. The number of benzene rings is 2. The van der Waals surface area contributed by atoms with E-state index >= 15 is 0 Å². The third-order valence-corrected chi connectivity index (χ3v) is 9.85. The maximum atomic E-state index is 14.3. The number of hydrogen-bond donors (Lipinski definition) is 2. The second-order valence-electron chi connectivity index (χ2n) is 13.9. The van der Waals surface area contributed by atoms with Crippen LogP contribution < -0.4 is 20.5 Å². The Morgan fingerprint density at radius 1 is 1.08 bits per heavy atom. The van der Waals surface area contributed by atoms with Gasteiger partial charge in [-0.05, 0) is 48.6 Å². The fraction of sp³-hybridized carbons (Fsp3) is 0.444. The molecule has 4 atom stereocenters. The number of nitrogens with zero attached hydrogens (tertiary/aromatic N) is 3. The Kier molecular flexibility index (Phi) is 9.89. The number of methoxy groups -OCH3 is 1. The van der Waals surface area contributed by atoms with Gasteiger partial charge in [0.25, 0.3) is 0 Å². The number of pyridine rings is 1. The van der Waals surface area contributed by atoms with Crippen LogP contribution in [0.5, 0.6) is 11.5 Å². The first-order chi connectivity index (χ1) is 22.9. The first-order valence-electron chi connectivity index (χ1n) is 16.0. The summed E-state index contributed by atoms with van der Waals surface area (Å²) in [5, 5.41) is 6.45. The Morgan fingerprint density at radius 2 is 1.80 bits per heavy atom. The van der Waals surface area contributed by atoms with E-state index in [0.717, 1.165) is 28.4 Å². The van der Waals surface area contributed by atoms with E-state index in [0.29, 0.717) is 28.1 Å². The molecule has 3 heterocycles. The number of carbonyl (C=O) groups excluding carboxylic acids is 2. The first kappa shape index (κ1) is 35.9. The van der Waals surface area contributed by atoms with Gasteiger partial charge in [-0.25, -0.2) is 9.97 Å². The van der Waals surface area contributed by atoms with Crippen molar-refractivity contribution in [2.75, 3.05) is 19.0 Å². The third-order valence-electron chi connectivity index (χ3n) is 8.96. The quantitative estimate of drug-likeness (QED) is 0.187. The number of nitrogens with one attached hydrogen (secondary N) is 1. The fourth-order valence-electron chi connectivity index (χ4n) is 6.15. The number of fused-ring (bicyclic) bond motifs is 1. The summed E-state index contributed by atoms with van der Waals surface area (Å²) < 4.78 is 52.7. The van der Waals surface area contributed by atoms with E-state index in [1.54, 1.807) is 34.8 Å². The van der Waals surface area contributed by atoms with E-state index < -0.39 is 53.1 Å². The largest absolute Gasteiger partial charge is 0.496 e. The van der Waals surface area contributed by atoms with Gasteiger partial charge in [0.15, 0.2) is 0 Å². The molecule has 5 rings (SSSR count). The lowest BCUT2D eigenvalue weighted by Gasteiger charge is -2.36. The van der Waals surface area contributed by atoms with Crippen LogP contribution in [0, 0.1) is 18.3 Å². The summed E-state index contributed by atoms with van der Waals surface area (Å²) >= 11 is 1.48. The Labute approximate surface area is 288 Å². The normalized spacial score (nSPS) is 18.9. The Bertz CT molecular complexity index is 1870. The fourth-order valence-corrected chi connectivity index (χ4v) is 7.09. The summed E-state index contributed by atoms with van der Waals surface area (Å²) in [5.74, 6) is -0.312. The molecule has 0 radical (unpaired) electrons. The molecular weight excluding hydrogens is 655 g/mol. The molecule has 2 aromatic heterocycles. The predicted molar refractivity (Wildman–Crippen MR) is 185 cm³/mol. The summed E-state index contributed by atoms with van der Waals surface area (Å²) in [6.45, 7) is 13.3. The zero-order valence-corrected chi connectivity index (χ0v) is 29.6. The van der Waals surface area contributed by atoms with Gasteiger partial charge < -0.3 is 25.4 Å². The maximum Gasteiger partial charge on any atom is 0.416 e. The minimum atomic E-state index is -4.55. The van der Waals surface area contributed by atoms with Gasteiger partial charge in [-0.3, -0.25) is 9.59 Å². The lowest BCUT2D eigenvalue weighted by atomic mass is 9.85.